The van der Waals surface area contributed by atoms with E-state index in [-0.39, 0.29) is 9.64 Å². The first-order valence-corrected chi connectivity index (χ1v) is 7.47. The van der Waals surface area contributed by atoms with Crippen molar-refractivity contribution in [2.75, 3.05) is 13.1 Å². The average Bonchev–Trinajstić information content (AvgIpc) is 2.40. The Kier molecular flexibility index (Phi) is 4.67. The van der Waals surface area contributed by atoms with Crippen molar-refractivity contribution < 1.29 is 9.53 Å². The quantitative estimate of drug-likeness (QED) is 0.492. The van der Waals surface area contributed by atoms with Gasteiger partial charge in [-0.3, -0.25) is 4.90 Å². The number of carbonyl (C=O) groups is 1. The molecule has 1 aromatic rings. The van der Waals surface area contributed by atoms with Crippen LogP contribution in [0, 0.1) is 0 Å². The molecular formula is C14H19IN2O2. The third kappa shape index (κ3) is 3.82. The maximum Gasteiger partial charge on any atom is 0.411 e. The van der Waals surface area contributed by atoms with Crippen molar-refractivity contribution in [3.05, 3.63) is 35.9 Å². The molecule has 4 nitrogen and oxygen atoms in total. The number of hydrogen-bond acceptors (Lipinski definition) is 3. The fourth-order valence-corrected chi connectivity index (χ4v) is 2.66. The van der Waals surface area contributed by atoms with E-state index < -0.39 is 0 Å². The molecule has 0 bridgehead atoms. The van der Waals surface area contributed by atoms with Crippen LogP contribution in [0.5, 0.6) is 0 Å². The first kappa shape index (κ1) is 14.6. The van der Waals surface area contributed by atoms with Crippen LogP contribution in [0.2, 0.25) is 0 Å². The summed E-state index contributed by atoms with van der Waals surface area (Å²) in [5, 5.41) is 3.37. The van der Waals surface area contributed by atoms with E-state index in [4.69, 9.17) is 4.74 Å². The smallest absolute Gasteiger partial charge is 0.411 e. The summed E-state index contributed by atoms with van der Waals surface area (Å²) in [5.41, 5.74) is 1.01. The van der Waals surface area contributed by atoms with Crippen molar-refractivity contribution in [3.8, 4) is 0 Å². The normalized spacial score (nSPS) is 27.1. The molecule has 1 aliphatic rings. The molecule has 1 amide bonds. The van der Waals surface area contributed by atoms with Gasteiger partial charge in [0.1, 0.15) is 10.2 Å². The van der Waals surface area contributed by atoms with Gasteiger partial charge in [0.25, 0.3) is 0 Å². The Bertz CT molecular complexity index is 436. The number of nitrogens with zero attached hydrogens (tertiary/aromatic N) is 1. The summed E-state index contributed by atoms with van der Waals surface area (Å²) in [7, 11) is 0. The van der Waals surface area contributed by atoms with E-state index in [0.29, 0.717) is 19.2 Å². The van der Waals surface area contributed by atoms with E-state index in [9.17, 15) is 4.79 Å². The summed E-state index contributed by atoms with van der Waals surface area (Å²) in [6, 6.07) is 10.0. The minimum atomic E-state index is -0.242. The summed E-state index contributed by atoms with van der Waals surface area (Å²) in [5.74, 6) is 0. The summed E-state index contributed by atoms with van der Waals surface area (Å²) in [6.07, 6.45) is -0.242. The molecule has 0 aromatic heterocycles. The predicted octanol–water partition coefficient (Wildman–Crippen LogP) is 2.77. The number of piperazine rings is 1. The standard InChI is InChI=1S/C14H19IN2O2/c1-11-8-17(14(2,15)10-16-11)13(18)19-9-12-6-4-3-5-7-12/h3-7,11,16H,8-10H2,1-2H3. The lowest BCUT2D eigenvalue weighted by molar-refractivity contribution is 0.0644. The lowest BCUT2D eigenvalue weighted by Crippen LogP contribution is -2.61. The fourth-order valence-electron chi connectivity index (χ4n) is 2.05. The molecule has 104 valence electrons. The van der Waals surface area contributed by atoms with Crippen LogP contribution < -0.4 is 5.32 Å². The third-order valence-corrected chi connectivity index (χ3v) is 4.18. The third-order valence-electron chi connectivity index (χ3n) is 3.22. The van der Waals surface area contributed by atoms with Crippen LogP contribution in [0.1, 0.15) is 19.4 Å². The van der Waals surface area contributed by atoms with Crippen LogP contribution in [-0.2, 0) is 11.3 Å². The maximum atomic E-state index is 12.2. The number of ether oxygens (including phenoxy) is 1. The number of hydrogen-bond donors (Lipinski definition) is 1. The number of halogens is 1. The number of rotatable bonds is 2. The number of carbonyl (C=O) groups excluding carboxylic acids is 1. The Labute approximate surface area is 127 Å². The van der Waals surface area contributed by atoms with Gasteiger partial charge >= 0.3 is 6.09 Å². The maximum absolute atomic E-state index is 12.2. The molecule has 0 radical (unpaired) electrons. The Hall–Kier alpha value is -0.820. The van der Waals surface area contributed by atoms with Crippen LogP contribution in [0.25, 0.3) is 0 Å². The minimum Gasteiger partial charge on any atom is -0.445 e. The first-order valence-electron chi connectivity index (χ1n) is 6.39. The second-order valence-corrected chi connectivity index (χ2v) is 7.40. The van der Waals surface area contributed by atoms with Crippen molar-refractivity contribution in [3.63, 3.8) is 0 Å². The van der Waals surface area contributed by atoms with Crippen LogP contribution in [0.15, 0.2) is 30.3 Å². The molecule has 5 heteroatoms. The van der Waals surface area contributed by atoms with Crippen LogP contribution in [-0.4, -0.2) is 33.7 Å². The van der Waals surface area contributed by atoms with Crippen molar-refractivity contribution in [1.29, 1.82) is 0 Å². The topological polar surface area (TPSA) is 41.6 Å². The number of alkyl halides is 1. The van der Waals surface area contributed by atoms with E-state index in [2.05, 4.69) is 34.8 Å². The highest BCUT2D eigenvalue weighted by molar-refractivity contribution is 14.1. The molecule has 1 heterocycles. The second kappa shape index (κ2) is 6.09. The molecule has 0 saturated carbocycles. The van der Waals surface area contributed by atoms with E-state index in [1.165, 1.54) is 0 Å². The second-order valence-electron chi connectivity index (χ2n) is 5.08. The van der Waals surface area contributed by atoms with Crippen LogP contribution in [0.4, 0.5) is 4.79 Å². The SMILES string of the molecule is CC1CN(C(=O)OCc2ccccc2)C(C)(I)CN1. The molecule has 2 atom stereocenters. The predicted molar refractivity (Wildman–Crippen MR) is 83.2 cm³/mol. The van der Waals surface area contributed by atoms with Crippen molar-refractivity contribution in [1.82, 2.24) is 10.2 Å². The van der Waals surface area contributed by atoms with E-state index in [1.807, 2.05) is 37.3 Å². The zero-order chi connectivity index (χ0) is 13.9. The van der Waals surface area contributed by atoms with Gasteiger partial charge in [-0.25, -0.2) is 4.79 Å². The van der Waals surface area contributed by atoms with Gasteiger partial charge in [0.05, 0.1) is 0 Å². The minimum absolute atomic E-state index is 0.238. The molecule has 19 heavy (non-hydrogen) atoms. The largest absolute Gasteiger partial charge is 0.445 e. The van der Waals surface area contributed by atoms with Gasteiger partial charge < -0.3 is 10.1 Å². The molecule has 1 aliphatic heterocycles. The molecule has 2 rings (SSSR count). The van der Waals surface area contributed by atoms with Crippen LogP contribution >= 0.6 is 22.6 Å². The van der Waals surface area contributed by atoms with E-state index in [1.54, 1.807) is 4.90 Å². The molecule has 1 N–H and O–H groups in total. The number of nitrogens with one attached hydrogen (secondary N) is 1. The first-order chi connectivity index (χ1) is 8.99. The molecule has 0 aliphatic carbocycles. The Morgan fingerprint density at radius 1 is 1.53 bits per heavy atom. The van der Waals surface area contributed by atoms with Gasteiger partial charge in [-0.1, -0.05) is 52.9 Å². The zero-order valence-electron chi connectivity index (χ0n) is 11.2. The summed E-state index contributed by atoms with van der Waals surface area (Å²) >= 11 is 2.30. The number of amides is 1. The van der Waals surface area contributed by atoms with Gasteiger partial charge in [-0.2, -0.15) is 0 Å². The van der Waals surface area contributed by atoms with E-state index >= 15 is 0 Å². The highest BCUT2D eigenvalue weighted by atomic mass is 127. The lowest BCUT2D eigenvalue weighted by atomic mass is 10.1. The molecular weight excluding hydrogens is 355 g/mol. The number of benzene rings is 1. The summed E-state index contributed by atoms with van der Waals surface area (Å²) in [4.78, 5) is 14.0. The van der Waals surface area contributed by atoms with Gasteiger partial charge in [0, 0.05) is 19.1 Å². The molecule has 1 fully saturated rings. The Balaban J connectivity index is 1.95. The van der Waals surface area contributed by atoms with Gasteiger partial charge in [0.2, 0.25) is 0 Å². The van der Waals surface area contributed by atoms with E-state index in [0.717, 1.165) is 12.1 Å². The van der Waals surface area contributed by atoms with Gasteiger partial charge in [0.15, 0.2) is 0 Å². The Morgan fingerprint density at radius 2 is 2.21 bits per heavy atom. The van der Waals surface area contributed by atoms with Crippen LogP contribution in [0.3, 0.4) is 0 Å². The molecule has 0 spiro atoms. The van der Waals surface area contributed by atoms with Crippen molar-refractivity contribution in [2.24, 2.45) is 0 Å². The summed E-state index contributed by atoms with van der Waals surface area (Å²) in [6.45, 7) is 5.88. The van der Waals surface area contributed by atoms with Crippen molar-refractivity contribution in [2.45, 2.75) is 30.0 Å². The van der Waals surface area contributed by atoms with Gasteiger partial charge in [-0.15, -0.1) is 0 Å². The monoisotopic (exact) mass is 374 g/mol. The fraction of sp³-hybridized carbons (Fsp3) is 0.500. The zero-order valence-corrected chi connectivity index (χ0v) is 13.4. The van der Waals surface area contributed by atoms with Crippen molar-refractivity contribution >= 4 is 28.7 Å². The highest BCUT2D eigenvalue weighted by Gasteiger charge is 2.38. The Morgan fingerprint density at radius 3 is 2.89 bits per heavy atom. The molecule has 2 unspecified atom stereocenters. The summed E-state index contributed by atoms with van der Waals surface area (Å²) < 4.78 is 5.17. The average molecular weight is 374 g/mol. The molecule has 1 aromatic carbocycles. The molecule has 1 saturated heterocycles. The van der Waals surface area contributed by atoms with Gasteiger partial charge in [-0.05, 0) is 19.4 Å². The highest BCUT2D eigenvalue weighted by Crippen LogP contribution is 2.27. The lowest BCUT2D eigenvalue weighted by Gasteiger charge is -2.42.